The number of nitro groups is 1. The Balaban J connectivity index is 2.06. The second kappa shape index (κ2) is 7.68. The van der Waals surface area contributed by atoms with Gasteiger partial charge in [-0.2, -0.15) is 5.10 Å². The highest BCUT2D eigenvalue weighted by molar-refractivity contribution is 5.95. The van der Waals surface area contributed by atoms with Gasteiger partial charge in [0.2, 0.25) is 0 Å². The number of allylic oxidation sites excluding steroid dienone is 1. The van der Waals surface area contributed by atoms with E-state index in [0.717, 1.165) is 0 Å². The molecule has 0 aliphatic carbocycles. The summed E-state index contributed by atoms with van der Waals surface area (Å²) < 4.78 is 0. The second-order valence-corrected chi connectivity index (χ2v) is 4.85. The van der Waals surface area contributed by atoms with Gasteiger partial charge in [-0.3, -0.25) is 14.9 Å². The molecule has 2 aromatic rings. The van der Waals surface area contributed by atoms with Crippen LogP contribution in [0.4, 0.5) is 5.69 Å². The van der Waals surface area contributed by atoms with Crippen molar-refractivity contribution in [1.29, 1.82) is 0 Å². The average molecular weight is 325 g/mol. The lowest BCUT2D eigenvalue weighted by molar-refractivity contribution is -0.384. The summed E-state index contributed by atoms with van der Waals surface area (Å²) in [6, 6.07) is 10.3. The van der Waals surface area contributed by atoms with E-state index in [-0.39, 0.29) is 17.0 Å². The molecule has 0 aromatic heterocycles. The van der Waals surface area contributed by atoms with Crippen molar-refractivity contribution < 1.29 is 14.8 Å². The van der Waals surface area contributed by atoms with E-state index < -0.39 is 10.8 Å². The van der Waals surface area contributed by atoms with Gasteiger partial charge in [-0.1, -0.05) is 18.2 Å². The minimum Gasteiger partial charge on any atom is -0.507 e. The number of nitrogens with one attached hydrogen (secondary N) is 1. The molecule has 0 heterocycles. The van der Waals surface area contributed by atoms with Crippen molar-refractivity contribution in [3.8, 4) is 5.75 Å². The van der Waals surface area contributed by atoms with Crippen LogP contribution in [0.2, 0.25) is 0 Å². The maximum Gasteiger partial charge on any atom is 0.271 e. The van der Waals surface area contributed by atoms with Gasteiger partial charge < -0.3 is 5.11 Å². The number of amides is 1. The number of hydrogen-bond donors (Lipinski definition) is 2. The fraction of sp³-hybridized carbons (Fsp3) is 0.0588. The number of phenolic OH excluding ortho intramolecular Hbond substituents is 1. The summed E-state index contributed by atoms with van der Waals surface area (Å²) in [4.78, 5) is 21.9. The summed E-state index contributed by atoms with van der Waals surface area (Å²) in [6.45, 7) is 3.62. The van der Waals surface area contributed by atoms with Crippen LogP contribution in [0.25, 0.3) is 0 Å². The average Bonchev–Trinajstić information content (AvgIpc) is 2.58. The van der Waals surface area contributed by atoms with Crippen molar-refractivity contribution >= 4 is 17.8 Å². The van der Waals surface area contributed by atoms with Gasteiger partial charge in [0.1, 0.15) is 5.75 Å². The zero-order valence-electron chi connectivity index (χ0n) is 12.7. The SMILES string of the molecule is C=CCc1cccc(/C=N/NC(=O)c2ccc([N+](=O)[O-])cc2)c1O. The normalized spacial score (nSPS) is 10.5. The standard InChI is InChI=1S/C17H15N3O4/c1-2-4-12-5-3-6-14(16(12)21)11-18-19-17(22)13-7-9-15(10-8-13)20(23)24/h2-3,5-11,21H,1,4H2,(H,19,22)/b18-11+. The van der Waals surface area contributed by atoms with Crippen LogP contribution in [0.1, 0.15) is 21.5 Å². The molecule has 0 saturated carbocycles. The third kappa shape index (κ3) is 4.04. The highest BCUT2D eigenvalue weighted by atomic mass is 16.6. The quantitative estimate of drug-likeness (QED) is 0.369. The van der Waals surface area contributed by atoms with Gasteiger partial charge in [0.05, 0.1) is 11.1 Å². The fourth-order valence-electron chi connectivity index (χ4n) is 2.00. The Morgan fingerprint density at radius 3 is 2.62 bits per heavy atom. The van der Waals surface area contributed by atoms with Gasteiger partial charge in [-0.05, 0) is 30.2 Å². The summed E-state index contributed by atoms with van der Waals surface area (Å²) in [6.07, 6.45) is 3.51. The summed E-state index contributed by atoms with van der Waals surface area (Å²) in [5.41, 5.74) is 3.61. The molecule has 2 N–H and O–H groups in total. The van der Waals surface area contributed by atoms with Crippen molar-refractivity contribution in [2.75, 3.05) is 0 Å². The number of para-hydroxylation sites is 1. The number of carbonyl (C=O) groups excluding carboxylic acids is 1. The molecule has 1 amide bonds. The van der Waals surface area contributed by atoms with E-state index in [1.54, 1.807) is 24.3 Å². The molecule has 7 nitrogen and oxygen atoms in total. The largest absolute Gasteiger partial charge is 0.507 e. The first-order valence-electron chi connectivity index (χ1n) is 7.02. The number of non-ortho nitro benzene ring substituents is 1. The lowest BCUT2D eigenvalue weighted by Gasteiger charge is -2.04. The van der Waals surface area contributed by atoms with Crippen molar-refractivity contribution in [3.05, 3.63) is 81.9 Å². The fourth-order valence-corrected chi connectivity index (χ4v) is 2.00. The summed E-state index contributed by atoms with van der Waals surface area (Å²) >= 11 is 0. The summed E-state index contributed by atoms with van der Waals surface area (Å²) in [5, 5.41) is 24.4. The Morgan fingerprint density at radius 2 is 2.00 bits per heavy atom. The van der Waals surface area contributed by atoms with Gasteiger partial charge >= 0.3 is 0 Å². The number of rotatable bonds is 6. The highest BCUT2D eigenvalue weighted by Crippen LogP contribution is 2.21. The van der Waals surface area contributed by atoms with Crippen LogP contribution in [0.15, 0.2) is 60.2 Å². The van der Waals surface area contributed by atoms with E-state index in [1.165, 1.54) is 30.5 Å². The van der Waals surface area contributed by atoms with Crippen LogP contribution in [0, 0.1) is 10.1 Å². The van der Waals surface area contributed by atoms with Crippen LogP contribution in [-0.4, -0.2) is 22.2 Å². The molecular weight excluding hydrogens is 310 g/mol. The molecule has 0 aliphatic rings. The number of hydrazone groups is 1. The predicted octanol–water partition coefficient (Wildman–Crippen LogP) is 2.79. The van der Waals surface area contributed by atoms with E-state index >= 15 is 0 Å². The smallest absolute Gasteiger partial charge is 0.271 e. The van der Waals surface area contributed by atoms with Gasteiger partial charge in [0.25, 0.3) is 11.6 Å². The molecule has 0 spiro atoms. The monoisotopic (exact) mass is 325 g/mol. The molecule has 122 valence electrons. The maximum atomic E-state index is 11.9. The van der Waals surface area contributed by atoms with E-state index in [1.807, 2.05) is 0 Å². The molecule has 0 saturated heterocycles. The van der Waals surface area contributed by atoms with E-state index in [4.69, 9.17) is 0 Å². The number of nitro benzene ring substituents is 1. The number of benzene rings is 2. The van der Waals surface area contributed by atoms with Crippen molar-refractivity contribution in [2.24, 2.45) is 5.10 Å². The van der Waals surface area contributed by atoms with Crippen LogP contribution in [-0.2, 0) is 6.42 Å². The zero-order chi connectivity index (χ0) is 17.5. The first kappa shape index (κ1) is 16.9. The number of nitrogens with zero attached hydrogens (tertiary/aromatic N) is 2. The Bertz CT molecular complexity index is 798. The molecule has 0 radical (unpaired) electrons. The molecule has 7 heteroatoms. The van der Waals surface area contributed by atoms with Crippen LogP contribution in [0.5, 0.6) is 5.75 Å². The maximum absolute atomic E-state index is 11.9. The summed E-state index contributed by atoms with van der Waals surface area (Å²) in [7, 11) is 0. The van der Waals surface area contributed by atoms with Gasteiger partial charge in [-0.25, -0.2) is 5.43 Å². The second-order valence-electron chi connectivity index (χ2n) is 4.85. The first-order chi connectivity index (χ1) is 11.5. The van der Waals surface area contributed by atoms with Crippen LogP contribution < -0.4 is 5.43 Å². The summed E-state index contributed by atoms with van der Waals surface area (Å²) in [5.74, 6) is -0.436. The number of hydrogen-bond acceptors (Lipinski definition) is 5. The Morgan fingerprint density at radius 1 is 1.29 bits per heavy atom. The Labute approximate surface area is 138 Å². The molecule has 0 fully saturated rings. The third-order valence-electron chi connectivity index (χ3n) is 3.23. The van der Waals surface area contributed by atoms with Crippen molar-refractivity contribution in [1.82, 2.24) is 5.43 Å². The van der Waals surface area contributed by atoms with Crippen LogP contribution in [0.3, 0.4) is 0 Å². The van der Waals surface area contributed by atoms with E-state index in [2.05, 4.69) is 17.1 Å². The molecule has 2 rings (SSSR count). The highest BCUT2D eigenvalue weighted by Gasteiger charge is 2.09. The minimum atomic E-state index is -0.543. The molecule has 24 heavy (non-hydrogen) atoms. The molecule has 0 unspecified atom stereocenters. The predicted molar refractivity (Wildman–Crippen MR) is 90.2 cm³/mol. The van der Waals surface area contributed by atoms with Gasteiger partial charge in [0.15, 0.2) is 0 Å². The van der Waals surface area contributed by atoms with Crippen LogP contribution >= 0.6 is 0 Å². The molecular formula is C17H15N3O4. The number of phenols is 1. The zero-order valence-corrected chi connectivity index (χ0v) is 12.7. The first-order valence-corrected chi connectivity index (χ1v) is 7.02. The Kier molecular flexibility index (Phi) is 5.40. The van der Waals surface area contributed by atoms with Crippen molar-refractivity contribution in [3.63, 3.8) is 0 Å². The minimum absolute atomic E-state index is 0.0748. The third-order valence-corrected chi connectivity index (χ3v) is 3.23. The molecule has 0 bridgehead atoms. The Hall–Kier alpha value is -3.48. The molecule has 0 aliphatic heterocycles. The van der Waals surface area contributed by atoms with Gasteiger partial charge in [-0.15, -0.1) is 6.58 Å². The van der Waals surface area contributed by atoms with E-state index in [9.17, 15) is 20.0 Å². The topological polar surface area (TPSA) is 105 Å². The van der Waals surface area contributed by atoms with Gasteiger partial charge in [0, 0.05) is 23.3 Å². The van der Waals surface area contributed by atoms with E-state index in [0.29, 0.717) is 17.5 Å². The molecule has 2 aromatic carbocycles. The van der Waals surface area contributed by atoms with Crippen molar-refractivity contribution in [2.45, 2.75) is 6.42 Å². The molecule has 0 atom stereocenters. The lowest BCUT2D eigenvalue weighted by atomic mass is 10.1. The lowest BCUT2D eigenvalue weighted by Crippen LogP contribution is -2.17. The number of aromatic hydroxyl groups is 1. The number of carbonyl (C=O) groups is 1.